The van der Waals surface area contributed by atoms with Crippen LogP contribution in [0.1, 0.15) is 33.1 Å². The lowest BCUT2D eigenvalue weighted by atomic mass is 10.2. The monoisotopic (exact) mass is 248 g/mol. The van der Waals surface area contributed by atoms with E-state index in [9.17, 15) is 4.79 Å². The summed E-state index contributed by atoms with van der Waals surface area (Å²) in [5.41, 5.74) is 0.874. The Morgan fingerprint density at radius 1 is 1.17 bits per heavy atom. The number of amides is 1. The van der Waals surface area contributed by atoms with Crippen LogP contribution in [-0.4, -0.2) is 30.4 Å². The summed E-state index contributed by atoms with van der Waals surface area (Å²) in [6, 6.07) is 9.61. The fourth-order valence-corrected chi connectivity index (χ4v) is 1.81. The predicted molar refractivity (Wildman–Crippen MR) is 76.7 cm³/mol. The van der Waals surface area contributed by atoms with Gasteiger partial charge in [0.05, 0.1) is 0 Å². The summed E-state index contributed by atoms with van der Waals surface area (Å²) >= 11 is 0. The van der Waals surface area contributed by atoms with E-state index in [0.29, 0.717) is 6.42 Å². The van der Waals surface area contributed by atoms with Crippen LogP contribution < -0.4 is 5.32 Å². The van der Waals surface area contributed by atoms with Gasteiger partial charge in [0, 0.05) is 18.7 Å². The first-order valence-electron chi connectivity index (χ1n) is 6.83. The van der Waals surface area contributed by atoms with Gasteiger partial charge in [-0.2, -0.15) is 0 Å². The fourth-order valence-electron chi connectivity index (χ4n) is 1.81. The first kappa shape index (κ1) is 14.7. The molecule has 18 heavy (non-hydrogen) atoms. The first-order chi connectivity index (χ1) is 8.76. The van der Waals surface area contributed by atoms with E-state index in [0.717, 1.165) is 25.3 Å². The average Bonchev–Trinajstić information content (AvgIpc) is 2.40. The van der Waals surface area contributed by atoms with Crippen LogP contribution in [-0.2, 0) is 4.79 Å². The van der Waals surface area contributed by atoms with E-state index in [2.05, 4.69) is 24.1 Å². The predicted octanol–water partition coefficient (Wildman–Crippen LogP) is 3.14. The summed E-state index contributed by atoms with van der Waals surface area (Å²) in [6.45, 7) is 7.28. The quantitative estimate of drug-likeness (QED) is 0.766. The molecular formula is C15H24N2O. The minimum Gasteiger partial charge on any atom is -0.326 e. The van der Waals surface area contributed by atoms with Gasteiger partial charge in [-0.15, -0.1) is 0 Å². The number of nitrogens with zero attached hydrogens (tertiary/aromatic N) is 1. The molecule has 0 atom stereocenters. The number of carbonyl (C=O) groups is 1. The highest BCUT2D eigenvalue weighted by atomic mass is 16.1. The molecule has 0 fully saturated rings. The number of rotatable bonds is 8. The van der Waals surface area contributed by atoms with E-state index < -0.39 is 0 Å². The largest absolute Gasteiger partial charge is 0.326 e. The summed E-state index contributed by atoms with van der Waals surface area (Å²) in [7, 11) is 0. The molecule has 3 nitrogen and oxygen atoms in total. The Labute approximate surface area is 110 Å². The molecule has 0 aliphatic heterocycles. The van der Waals surface area contributed by atoms with Crippen molar-refractivity contribution in [2.75, 3.05) is 25.0 Å². The molecule has 100 valence electrons. The van der Waals surface area contributed by atoms with Crippen LogP contribution in [0.25, 0.3) is 0 Å². The first-order valence-corrected chi connectivity index (χ1v) is 6.83. The molecule has 0 radical (unpaired) electrons. The lowest BCUT2D eigenvalue weighted by Gasteiger charge is -2.19. The molecule has 0 bridgehead atoms. The Balaban J connectivity index is 2.27. The molecule has 1 amide bonds. The number of anilines is 1. The number of benzene rings is 1. The van der Waals surface area contributed by atoms with Crippen molar-refractivity contribution in [3.05, 3.63) is 30.3 Å². The van der Waals surface area contributed by atoms with Crippen molar-refractivity contribution < 1.29 is 4.79 Å². The second-order valence-corrected chi connectivity index (χ2v) is 4.45. The topological polar surface area (TPSA) is 32.3 Å². The summed E-state index contributed by atoms with van der Waals surface area (Å²) in [5, 5.41) is 2.91. The highest BCUT2D eigenvalue weighted by molar-refractivity contribution is 5.90. The van der Waals surface area contributed by atoms with Gasteiger partial charge in [0.25, 0.3) is 0 Å². The van der Waals surface area contributed by atoms with Gasteiger partial charge >= 0.3 is 0 Å². The highest BCUT2D eigenvalue weighted by Crippen LogP contribution is 2.05. The van der Waals surface area contributed by atoms with Gasteiger partial charge in [0.15, 0.2) is 0 Å². The molecule has 0 unspecified atom stereocenters. The number of hydrogen-bond donors (Lipinski definition) is 1. The van der Waals surface area contributed by atoms with Crippen LogP contribution >= 0.6 is 0 Å². The zero-order valence-corrected chi connectivity index (χ0v) is 11.5. The van der Waals surface area contributed by atoms with Crippen molar-refractivity contribution in [2.24, 2.45) is 0 Å². The molecule has 0 heterocycles. The minimum absolute atomic E-state index is 0.0937. The van der Waals surface area contributed by atoms with Gasteiger partial charge < -0.3 is 10.2 Å². The zero-order valence-electron chi connectivity index (χ0n) is 11.5. The zero-order chi connectivity index (χ0) is 13.2. The molecule has 1 N–H and O–H groups in total. The molecule has 0 aromatic heterocycles. The maximum atomic E-state index is 11.8. The van der Waals surface area contributed by atoms with Crippen molar-refractivity contribution in [2.45, 2.75) is 33.1 Å². The van der Waals surface area contributed by atoms with Crippen LogP contribution in [0.4, 0.5) is 5.69 Å². The Morgan fingerprint density at radius 2 is 1.89 bits per heavy atom. The van der Waals surface area contributed by atoms with Gasteiger partial charge in [0.2, 0.25) is 5.91 Å². The van der Waals surface area contributed by atoms with Crippen molar-refractivity contribution in [1.82, 2.24) is 4.90 Å². The minimum atomic E-state index is 0.0937. The molecule has 3 heteroatoms. The Morgan fingerprint density at radius 3 is 2.50 bits per heavy atom. The molecule has 0 aliphatic carbocycles. The Kier molecular flexibility index (Phi) is 7.11. The Hall–Kier alpha value is -1.35. The molecule has 0 saturated carbocycles. The lowest BCUT2D eigenvalue weighted by Crippen LogP contribution is -2.28. The van der Waals surface area contributed by atoms with Crippen LogP contribution in [0.15, 0.2) is 30.3 Å². The third kappa shape index (κ3) is 5.82. The molecule has 0 spiro atoms. The van der Waals surface area contributed by atoms with Crippen molar-refractivity contribution in [1.29, 1.82) is 0 Å². The molecule has 0 saturated heterocycles. The second-order valence-electron chi connectivity index (χ2n) is 4.45. The summed E-state index contributed by atoms with van der Waals surface area (Å²) in [6.07, 6.45) is 2.97. The molecule has 1 aromatic rings. The van der Waals surface area contributed by atoms with Gasteiger partial charge in [-0.3, -0.25) is 4.79 Å². The summed E-state index contributed by atoms with van der Waals surface area (Å²) in [5.74, 6) is 0.0937. The van der Waals surface area contributed by atoms with E-state index in [1.165, 1.54) is 12.8 Å². The highest BCUT2D eigenvalue weighted by Gasteiger charge is 2.06. The van der Waals surface area contributed by atoms with Gasteiger partial charge in [-0.25, -0.2) is 0 Å². The number of nitrogens with one attached hydrogen (secondary N) is 1. The van der Waals surface area contributed by atoms with Gasteiger partial charge in [-0.1, -0.05) is 38.5 Å². The van der Waals surface area contributed by atoms with E-state index in [-0.39, 0.29) is 5.91 Å². The van der Waals surface area contributed by atoms with Crippen molar-refractivity contribution in [3.63, 3.8) is 0 Å². The van der Waals surface area contributed by atoms with Gasteiger partial charge in [-0.05, 0) is 31.6 Å². The van der Waals surface area contributed by atoms with Crippen LogP contribution in [0.3, 0.4) is 0 Å². The lowest BCUT2D eigenvalue weighted by molar-refractivity contribution is -0.116. The molecular weight excluding hydrogens is 224 g/mol. The number of carbonyl (C=O) groups excluding carboxylic acids is 1. The fraction of sp³-hybridized carbons (Fsp3) is 0.533. The van der Waals surface area contributed by atoms with E-state index in [1.807, 2.05) is 30.3 Å². The number of unbranched alkanes of at least 4 members (excludes halogenated alkanes) is 1. The maximum absolute atomic E-state index is 11.8. The second kappa shape index (κ2) is 8.70. The molecule has 1 aromatic carbocycles. The normalized spacial score (nSPS) is 10.6. The number of hydrogen-bond acceptors (Lipinski definition) is 2. The van der Waals surface area contributed by atoms with Crippen LogP contribution in [0.2, 0.25) is 0 Å². The van der Waals surface area contributed by atoms with Crippen LogP contribution in [0.5, 0.6) is 0 Å². The standard InChI is InChI=1S/C15H24N2O/c1-3-5-12-17(4-2)13-11-15(18)16-14-9-7-6-8-10-14/h6-10H,3-5,11-13H2,1-2H3,(H,16,18). The van der Waals surface area contributed by atoms with Crippen molar-refractivity contribution >= 4 is 11.6 Å². The third-order valence-corrected chi connectivity index (χ3v) is 2.99. The van der Waals surface area contributed by atoms with Crippen LogP contribution in [0, 0.1) is 0 Å². The van der Waals surface area contributed by atoms with E-state index in [1.54, 1.807) is 0 Å². The SMILES string of the molecule is CCCCN(CC)CCC(=O)Nc1ccccc1. The molecule has 1 rings (SSSR count). The maximum Gasteiger partial charge on any atom is 0.225 e. The van der Waals surface area contributed by atoms with Gasteiger partial charge in [0.1, 0.15) is 0 Å². The van der Waals surface area contributed by atoms with Crippen molar-refractivity contribution in [3.8, 4) is 0 Å². The average molecular weight is 248 g/mol. The third-order valence-electron chi connectivity index (χ3n) is 2.99. The van der Waals surface area contributed by atoms with E-state index >= 15 is 0 Å². The molecule has 0 aliphatic rings. The smallest absolute Gasteiger partial charge is 0.225 e. The summed E-state index contributed by atoms with van der Waals surface area (Å²) in [4.78, 5) is 14.1. The number of para-hydroxylation sites is 1. The van der Waals surface area contributed by atoms with E-state index in [4.69, 9.17) is 0 Å². The Bertz CT molecular complexity index is 338. The summed E-state index contributed by atoms with van der Waals surface area (Å²) < 4.78 is 0.